The fraction of sp³-hybridized carbons (Fsp3) is 0.231. The monoisotopic (exact) mass is 363 g/mol. The second-order valence-corrected chi connectivity index (χ2v) is 5.18. The second kappa shape index (κ2) is 5.48. The van der Waals surface area contributed by atoms with Crippen LogP contribution in [0.1, 0.15) is 5.69 Å². The maximum atomic E-state index is 12.8. The fourth-order valence-electron chi connectivity index (χ4n) is 2.26. The predicted molar refractivity (Wildman–Crippen MR) is 77.5 cm³/mol. The van der Waals surface area contributed by atoms with Crippen LogP contribution in [-0.2, 0) is 6.18 Å². The van der Waals surface area contributed by atoms with Crippen LogP contribution in [0.15, 0.2) is 27.8 Å². The van der Waals surface area contributed by atoms with Gasteiger partial charge in [0.2, 0.25) is 0 Å². The molecule has 2 heterocycles. The first-order valence-electron chi connectivity index (χ1n) is 6.51. The summed E-state index contributed by atoms with van der Waals surface area (Å²) in [6, 6.07) is 2.81. The minimum absolute atomic E-state index is 0.0206. The maximum absolute atomic E-state index is 12.8. The summed E-state index contributed by atoms with van der Waals surface area (Å²) in [7, 11) is 0. The molecule has 2 aromatic rings. The summed E-state index contributed by atoms with van der Waals surface area (Å²) in [5.41, 5.74) is -4.27. The molecule has 128 valence electrons. The van der Waals surface area contributed by atoms with Gasteiger partial charge in [0, 0.05) is 6.07 Å². The van der Waals surface area contributed by atoms with Gasteiger partial charge in [-0.25, -0.2) is 14.0 Å². The highest BCUT2D eigenvalue weighted by atomic mass is 35.5. The minimum Gasteiger partial charge on any atom is -0.484 e. The van der Waals surface area contributed by atoms with Crippen molar-refractivity contribution in [2.24, 2.45) is 0 Å². The molecule has 0 amide bonds. The standard InChI is InChI=1S/C13H9ClF3N3O4/c14-6-1-2-7(11-10(6)23-3-4-24-11)19-9(21)5-8(13(15,16)17)20(18)12(19)22/h1-2,5H,3-4,18H2. The predicted octanol–water partition coefficient (Wildman–Crippen LogP) is 1.16. The molecule has 0 aliphatic carbocycles. The number of nitrogens with two attached hydrogens (primary N) is 1. The first-order chi connectivity index (χ1) is 11.2. The third kappa shape index (κ3) is 2.48. The van der Waals surface area contributed by atoms with Gasteiger partial charge in [0.05, 0.1) is 10.7 Å². The zero-order chi connectivity index (χ0) is 17.6. The lowest BCUT2D eigenvalue weighted by atomic mass is 10.2. The van der Waals surface area contributed by atoms with Crippen molar-refractivity contribution in [2.45, 2.75) is 6.18 Å². The Kier molecular flexibility index (Phi) is 3.71. The van der Waals surface area contributed by atoms with Crippen molar-refractivity contribution >= 4 is 11.6 Å². The van der Waals surface area contributed by atoms with E-state index < -0.39 is 23.1 Å². The number of nitrogen functional groups attached to an aromatic ring is 1. The van der Waals surface area contributed by atoms with Crippen LogP contribution in [0.4, 0.5) is 13.2 Å². The van der Waals surface area contributed by atoms with Crippen LogP contribution in [0.3, 0.4) is 0 Å². The van der Waals surface area contributed by atoms with E-state index in [0.717, 1.165) is 0 Å². The van der Waals surface area contributed by atoms with Gasteiger partial charge in [-0.1, -0.05) is 11.6 Å². The van der Waals surface area contributed by atoms with Gasteiger partial charge < -0.3 is 15.3 Å². The van der Waals surface area contributed by atoms with Gasteiger partial charge in [-0.3, -0.25) is 4.79 Å². The fourth-order valence-corrected chi connectivity index (χ4v) is 2.47. The Morgan fingerprint density at radius 2 is 1.75 bits per heavy atom. The Morgan fingerprint density at radius 1 is 1.12 bits per heavy atom. The Hall–Kier alpha value is -2.62. The smallest absolute Gasteiger partial charge is 0.433 e. The lowest BCUT2D eigenvalue weighted by Crippen LogP contribution is -2.45. The van der Waals surface area contributed by atoms with Crippen LogP contribution in [0.5, 0.6) is 11.5 Å². The molecule has 0 radical (unpaired) electrons. The minimum atomic E-state index is -4.95. The highest BCUT2D eigenvalue weighted by molar-refractivity contribution is 6.32. The van der Waals surface area contributed by atoms with Crippen molar-refractivity contribution in [3.8, 4) is 17.2 Å². The summed E-state index contributed by atoms with van der Waals surface area (Å²) in [5.74, 6) is 5.28. The SMILES string of the molecule is Nn1c(C(F)(F)F)cc(=O)n(-c2ccc(Cl)c3c2OCCO3)c1=O. The molecule has 24 heavy (non-hydrogen) atoms. The zero-order valence-electron chi connectivity index (χ0n) is 11.8. The first kappa shape index (κ1) is 16.2. The van der Waals surface area contributed by atoms with Gasteiger partial charge in [0.15, 0.2) is 17.2 Å². The molecule has 11 heteroatoms. The van der Waals surface area contributed by atoms with Crippen LogP contribution in [0.2, 0.25) is 5.02 Å². The second-order valence-electron chi connectivity index (χ2n) is 4.78. The van der Waals surface area contributed by atoms with Crippen LogP contribution in [0, 0.1) is 0 Å². The summed E-state index contributed by atoms with van der Waals surface area (Å²) < 4.78 is 49.4. The molecule has 1 aliphatic rings. The number of fused-ring (bicyclic) bond motifs is 1. The van der Waals surface area contributed by atoms with E-state index in [1.807, 2.05) is 0 Å². The van der Waals surface area contributed by atoms with E-state index in [1.54, 1.807) is 0 Å². The molecular weight excluding hydrogens is 355 g/mol. The molecular formula is C13H9ClF3N3O4. The Balaban J connectivity index is 2.32. The van der Waals surface area contributed by atoms with E-state index in [9.17, 15) is 22.8 Å². The molecule has 1 aromatic heterocycles. The van der Waals surface area contributed by atoms with Crippen LogP contribution in [0.25, 0.3) is 5.69 Å². The number of rotatable bonds is 1. The van der Waals surface area contributed by atoms with E-state index in [2.05, 4.69) is 0 Å². The molecule has 1 aromatic carbocycles. The van der Waals surface area contributed by atoms with E-state index in [4.69, 9.17) is 26.9 Å². The lowest BCUT2D eigenvalue weighted by molar-refractivity contribution is -0.143. The van der Waals surface area contributed by atoms with Crippen molar-refractivity contribution in [1.82, 2.24) is 9.24 Å². The molecule has 2 N–H and O–H groups in total. The number of hydrogen-bond acceptors (Lipinski definition) is 5. The molecule has 0 spiro atoms. The molecule has 3 rings (SSSR count). The van der Waals surface area contributed by atoms with Crippen LogP contribution >= 0.6 is 11.6 Å². The summed E-state index contributed by atoms with van der Waals surface area (Å²) in [4.78, 5) is 24.3. The molecule has 7 nitrogen and oxygen atoms in total. The van der Waals surface area contributed by atoms with Gasteiger partial charge in [0.25, 0.3) is 5.56 Å². The number of halogens is 4. The Morgan fingerprint density at radius 3 is 2.38 bits per heavy atom. The van der Waals surface area contributed by atoms with Crippen LogP contribution < -0.4 is 26.6 Å². The molecule has 0 bridgehead atoms. The summed E-state index contributed by atoms with van der Waals surface area (Å²) >= 11 is 5.95. The lowest BCUT2D eigenvalue weighted by Gasteiger charge is -2.22. The molecule has 0 atom stereocenters. The van der Waals surface area contributed by atoms with E-state index in [-0.39, 0.29) is 46.2 Å². The van der Waals surface area contributed by atoms with Crippen molar-refractivity contribution in [3.05, 3.63) is 49.8 Å². The molecule has 0 fully saturated rings. The number of ether oxygens (including phenoxy) is 2. The number of aromatic nitrogens is 2. The number of alkyl halides is 3. The summed E-state index contributed by atoms with van der Waals surface area (Å²) in [6.07, 6.45) is -4.95. The number of benzene rings is 1. The zero-order valence-corrected chi connectivity index (χ0v) is 12.5. The van der Waals surface area contributed by atoms with Crippen molar-refractivity contribution in [3.63, 3.8) is 0 Å². The van der Waals surface area contributed by atoms with Gasteiger partial charge in [-0.2, -0.15) is 13.2 Å². The quantitative estimate of drug-likeness (QED) is 0.768. The van der Waals surface area contributed by atoms with Gasteiger partial charge in [0.1, 0.15) is 13.2 Å². The Labute approximate surface area is 136 Å². The van der Waals surface area contributed by atoms with Gasteiger partial charge in [-0.05, 0) is 12.1 Å². The van der Waals surface area contributed by atoms with Gasteiger partial charge in [-0.15, -0.1) is 0 Å². The van der Waals surface area contributed by atoms with E-state index in [1.165, 1.54) is 12.1 Å². The van der Waals surface area contributed by atoms with Crippen molar-refractivity contribution in [1.29, 1.82) is 0 Å². The molecule has 0 saturated carbocycles. The third-order valence-corrected chi connectivity index (χ3v) is 3.59. The summed E-state index contributed by atoms with van der Waals surface area (Å²) in [5, 5.41) is 0.168. The summed E-state index contributed by atoms with van der Waals surface area (Å²) in [6.45, 7) is 0.311. The van der Waals surface area contributed by atoms with Crippen molar-refractivity contribution < 1.29 is 22.6 Å². The van der Waals surface area contributed by atoms with E-state index >= 15 is 0 Å². The van der Waals surface area contributed by atoms with Crippen molar-refractivity contribution in [2.75, 3.05) is 19.1 Å². The molecule has 0 unspecified atom stereocenters. The van der Waals surface area contributed by atoms with Crippen LogP contribution in [-0.4, -0.2) is 22.5 Å². The normalized spacial score (nSPS) is 13.8. The first-order valence-corrected chi connectivity index (χ1v) is 6.89. The third-order valence-electron chi connectivity index (χ3n) is 3.29. The number of nitrogens with zero attached hydrogens (tertiary/aromatic N) is 2. The number of hydrogen-bond donors (Lipinski definition) is 1. The average molecular weight is 364 g/mol. The van der Waals surface area contributed by atoms with E-state index in [0.29, 0.717) is 4.57 Å². The maximum Gasteiger partial charge on any atom is 0.433 e. The molecule has 0 saturated heterocycles. The largest absolute Gasteiger partial charge is 0.484 e. The van der Waals surface area contributed by atoms with Gasteiger partial charge >= 0.3 is 11.9 Å². The topological polar surface area (TPSA) is 88.5 Å². The Bertz CT molecular complexity index is 936. The highest BCUT2D eigenvalue weighted by Gasteiger charge is 2.36. The highest BCUT2D eigenvalue weighted by Crippen LogP contribution is 2.41. The average Bonchev–Trinajstić information content (AvgIpc) is 2.52. The molecule has 1 aliphatic heterocycles.